The highest BCUT2D eigenvalue weighted by Gasteiger charge is 2.31. The summed E-state index contributed by atoms with van der Waals surface area (Å²) in [6, 6.07) is 5.72. The number of carbonyl (C=O) groups excluding carboxylic acids is 2. The Kier molecular flexibility index (Phi) is 4.68. The number of nitro benzene ring substituents is 1. The van der Waals surface area contributed by atoms with Gasteiger partial charge in [-0.2, -0.15) is 0 Å². The minimum Gasteiger partial charge on any atom is -0.339 e. The third-order valence-corrected chi connectivity index (χ3v) is 3.80. The van der Waals surface area contributed by atoms with Crippen molar-refractivity contribution in [3.05, 3.63) is 39.9 Å². The fourth-order valence-electron chi connectivity index (χ4n) is 2.52. The zero-order valence-electron chi connectivity index (χ0n) is 13.6. The van der Waals surface area contributed by atoms with Crippen LogP contribution in [0.5, 0.6) is 0 Å². The third kappa shape index (κ3) is 3.85. The van der Waals surface area contributed by atoms with Crippen molar-refractivity contribution in [1.82, 2.24) is 9.80 Å². The van der Waals surface area contributed by atoms with Gasteiger partial charge in [0.2, 0.25) is 5.91 Å². The minimum absolute atomic E-state index is 0.0694. The molecule has 1 heterocycles. The van der Waals surface area contributed by atoms with E-state index >= 15 is 0 Å². The summed E-state index contributed by atoms with van der Waals surface area (Å²) in [5, 5.41) is 10.8. The molecule has 1 fully saturated rings. The molecule has 1 saturated heterocycles. The molecule has 23 heavy (non-hydrogen) atoms. The highest BCUT2D eigenvalue weighted by Crippen LogP contribution is 2.20. The summed E-state index contributed by atoms with van der Waals surface area (Å²) in [5.41, 5.74) is -0.237. The molecule has 7 nitrogen and oxygen atoms in total. The van der Waals surface area contributed by atoms with Gasteiger partial charge in [-0.1, -0.05) is 26.8 Å². The average molecular weight is 319 g/mol. The quantitative estimate of drug-likeness (QED) is 0.616. The number of rotatable bonds is 2. The van der Waals surface area contributed by atoms with Gasteiger partial charge in [0, 0.05) is 49.3 Å². The molecule has 0 unspecified atom stereocenters. The van der Waals surface area contributed by atoms with Crippen molar-refractivity contribution in [2.75, 3.05) is 26.2 Å². The van der Waals surface area contributed by atoms with Crippen LogP contribution in [0.15, 0.2) is 24.3 Å². The fraction of sp³-hybridized carbons (Fsp3) is 0.500. The van der Waals surface area contributed by atoms with E-state index in [0.29, 0.717) is 31.7 Å². The van der Waals surface area contributed by atoms with Crippen LogP contribution in [0.2, 0.25) is 0 Å². The third-order valence-electron chi connectivity index (χ3n) is 3.80. The van der Waals surface area contributed by atoms with Crippen molar-refractivity contribution in [1.29, 1.82) is 0 Å². The number of nitro groups is 1. The fourth-order valence-corrected chi connectivity index (χ4v) is 2.52. The normalized spacial score (nSPS) is 15.4. The Morgan fingerprint density at radius 1 is 1.09 bits per heavy atom. The smallest absolute Gasteiger partial charge is 0.270 e. The Balaban J connectivity index is 2.03. The second kappa shape index (κ2) is 6.36. The van der Waals surface area contributed by atoms with Gasteiger partial charge in [-0.25, -0.2) is 0 Å². The molecule has 2 rings (SSSR count). The van der Waals surface area contributed by atoms with Crippen LogP contribution in [0.4, 0.5) is 5.69 Å². The van der Waals surface area contributed by atoms with Gasteiger partial charge in [0.05, 0.1) is 4.92 Å². The first-order valence-corrected chi connectivity index (χ1v) is 7.53. The summed E-state index contributed by atoms with van der Waals surface area (Å²) >= 11 is 0. The van der Waals surface area contributed by atoms with Gasteiger partial charge in [0.25, 0.3) is 11.6 Å². The van der Waals surface area contributed by atoms with Crippen LogP contribution in [-0.4, -0.2) is 52.7 Å². The van der Waals surface area contributed by atoms with E-state index in [4.69, 9.17) is 0 Å². The molecule has 1 aliphatic rings. The Morgan fingerprint density at radius 2 is 1.65 bits per heavy atom. The largest absolute Gasteiger partial charge is 0.339 e. The highest BCUT2D eigenvalue weighted by atomic mass is 16.6. The Morgan fingerprint density at radius 3 is 2.17 bits per heavy atom. The van der Waals surface area contributed by atoms with Crippen molar-refractivity contribution < 1.29 is 14.5 Å². The number of hydrogen-bond donors (Lipinski definition) is 0. The number of non-ortho nitro benzene ring substituents is 1. The molecule has 1 aromatic rings. The van der Waals surface area contributed by atoms with E-state index in [1.165, 1.54) is 18.2 Å². The van der Waals surface area contributed by atoms with Crippen molar-refractivity contribution >= 4 is 17.5 Å². The Labute approximate surface area is 135 Å². The predicted octanol–water partition coefficient (Wildman–Crippen LogP) is 1.93. The maximum atomic E-state index is 12.4. The standard InChI is InChI=1S/C16H21N3O4/c1-16(2,3)15(21)18-9-7-17(8-10-18)14(20)12-5-4-6-13(11-12)19(22)23/h4-6,11H,7-10H2,1-3H3. The number of benzene rings is 1. The van der Waals surface area contributed by atoms with Gasteiger partial charge in [-0.05, 0) is 6.07 Å². The zero-order chi connectivity index (χ0) is 17.2. The summed E-state index contributed by atoms with van der Waals surface area (Å²) in [4.78, 5) is 38.4. The maximum absolute atomic E-state index is 12.4. The molecule has 0 radical (unpaired) electrons. The van der Waals surface area contributed by atoms with E-state index in [0.717, 1.165) is 0 Å². The lowest BCUT2D eigenvalue weighted by molar-refractivity contribution is -0.384. The summed E-state index contributed by atoms with van der Waals surface area (Å²) in [6.07, 6.45) is 0. The van der Waals surface area contributed by atoms with Gasteiger partial charge in [-0.15, -0.1) is 0 Å². The molecule has 0 N–H and O–H groups in total. The van der Waals surface area contributed by atoms with Crippen molar-refractivity contribution in [2.45, 2.75) is 20.8 Å². The maximum Gasteiger partial charge on any atom is 0.270 e. The molecule has 1 aliphatic heterocycles. The van der Waals surface area contributed by atoms with Crippen molar-refractivity contribution in [2.24, 2.45) is 5.41 Å². The monoisotopic (exact) mass is 319 g/mol. The van der Waals surface area contributed by atoms with E-state index in [1.807, 2.05) is 20.8 Å². The summed E-state index contributed by atoms with van der Waals surface area (Å²) < 4.78 is 0. The van der Waals surface area contributed by atoms with Crippen LogP contribution in [-0.2, 0) is 4.79 Å². The van der Waals surface area contributed by atoms with Crippen LogP contribution < -0.4 is 0 Å². The first kappa shape index (κ1) is 16.9. The molecule has 0 aromatic heterocycles. The molecular weight excluding hydrogens is 298 g/mol. The number of carbonyl (C=O) groups is 2. The zero-order valence-corrected chi connectivity index (χ0v) is 13.6. The molecule has 0 bridgehead atoms. The van der Waals surface area contributed by atoms with Gasteiger partial charge >= 0.3 is 0 Å². The molecule has 124 valence electrons. The van der Waals surface area contributed by atoms with Crippen LogP contribution in [0.3, 0.4) is 0 Å². The minimum atomic E-state index is -0.517. The summed E-state index contributed by atoms with van der Waals surface area (Å²) in [7, 11) is 0. The summed E-state index contributed by atoms with van der Waals surface area (Å²) in [5.74, 6) is -0.170. The SMILES string of the molecule is CC(C)(C)C(=O)N1CCN(C(=O)c2cccc([N+](=O)[O-])c2)CC1. The first-order chi connectivity index (χ1) is 10.7. The van der Waals surface area contributed by atoms with Crippen LogP contribution in [0.25, 0.3) is 0 Å². The Hall–Kier alpha value is -2.44. The molecule has 0 aliphatic carbocycles. The second-order valence-corrected chi connectivity index (χ2v) is 6.64. The lowest BCUT2D eigenvalue weighted by Crippen LogP contribution is -2.53. The number of amides is 2. The Bertz CT molecular complexity index is 628. The van der Waals surface area contributed by atoms with Gasteiger partial charge < -0.3 is 9.80 Å². The molecule has 0 spiro atoms. The van der Waals surface area contributed by atoms with Crippen LogP contribution >= 0.6 is 0 Å². The molecule has 0 saturated carbocycles. The van der Waals surface area contributed by atoms with E-state index in [-0.39, 0.29) is 17.5 Å². The van der Waals surface area contributed by atoms with Gasteiger partial charge in [0.15, 0.2) is 0 Å². The van der Waals surface area contributed by atoms with Gasteiger partial charge in [-0.3, -0.25) is 19.7 Å². The van der Waals surface area contributed by atoms with Crippen molar-refractivity contribution in [3.8, 4) is 0 Å². The van der Waals surface area contributed by atoms with E-state index < -0.39 is 10.3 Å². The first-order valence-electron chi connectivity index (χ1n) is 7.53. The summed E-state index contributed by atoms with van der Waals surface area (Å²) in [6.45, 7) is 7.45. The molecular formula is C16H21N3O4. The van der Waals surface area contributed by atoms with Crippen LogP contribution in [0, 0.1) is 15.5 Å². The van der Waals surface area contributed by atoms with Crippen LogP contribution in [0.1, 0.15) is 31.1 Å². The number of hydrogen-bond acceptors (Lipinski definition) is 4. The van der Waals surface area contributed by atoms with Gasteiger partial charge in [0.1, 0.15) is 0 Å². The number of nitrogens with zero attached hydrogens (tertiary/aromatic N) is 3. The predicted molar refractivity (Wildman–Crippen MR) is 85.0 cm³/mol. The molecule has 1 aromatic carbocycles. The van der Waals surface area contributed by atoms with E-state index in [2.05, 4.69) is 0 Å². The molecule has 2 amide bonds. The average Bonchev–Trinajstić information content (AvgIpc) is 2.53. The van der Waals surface area contributed by atoms with E-state index in [9.17, 15) is 19.7 Å². The highest BCUT2D eigenvalue weighted by molar-refractivity contribution is 5.95. The molecule has 7 heteroatoms. The number of piperazine rings is 1. The lowest BCUT2D eigenvalue weighted by atomic mass is 9.94. The topological polar surface area (TPSA) is 83.8 Å². The van der Waals surface area contributed by atoms with E-state index in [1.54, 1.807) is 15.9 Å². The second-order valence-electron chi connectivity index (χ2n) is 6.64. The lowest BCUT2D eigenvalue weighted by Gasteiger charge is -2.37. The van der Waals surface area contributed by atoms with Crippen molar-refractivity contribution in [3.63, 3.8) is 0 Å². The molecule has 0 atom stereocenters.